The van der Waals surface area contributed by atoms with Crippen LogP contribution in [0.2, 0.25) is 0 Å². The number of rotatable bonds is 3. The first-order valence-corrected chi connectivity index (χ1v) is 2.99. The predicted molar refractivity (Wildman–Crippen MR) is 36.1 cm³/mol. The van der Waals surface area contributed by atoms with E-state index in [1.54, 1.807) is 13.0 Å². The van der Waals surface area contributed by atoms with Gasteiger partial charge >= 0.3 is 0 Å². The fraction of sp³-hybridized carbons (Fsp3) is 0.571. The van der Waals surface area contributed by atoms with E-state index in [2.05, 4.69) is 0 Å². The van der Waals surface area contributed by atoms with E-state index in [1.807, 2.05) is 6.92 Å². The van der Waals surface area contributed by atoms with Crippen molar-refractivity contribution in [3.05, 3.63) is 11.8 Å². The molecule has 2 nitrogen and oxygen atoms in total. The monoisotopic (exact) mass is 128 g/mol. The van der Waals surface area contributed by atoms with E-state index in [4.69, 9.17) is 4.74 Å². The molecular weight excluding hydrogens is 116 g/mol. The van der Waals surface area contributed by atoms with Crippen LogP contribution in [0.1, 0.15) is 20.3 Å². The second-order valence-electron chi connectivity index (χ2n) is 1.63. The van der Waals surface area contributed by atoms with Gasteiger partial charge in [-0.05, 0) is 13.0 Å². The molecular formula is C7H12O2. The van der Waals surface area contributed by atoms with E-state index in [-0.39, 0.29) is 5.78 Å². The van der Waals surface area contributed by atoms with E-state index in [0.717, 1.165) is 0 Å². The Bertz CT molecular complexity index is 125. The fourth-order valence-corrected chi connectivity index (χ4v) is 0.567. The Morgan fingerprint density at radius 2 is 2.22 bits per heavy atom. The smallest absolute Gasteiger partial charge is 0.196 e. The van der Waals surface area contributed by atoms with Crippen molar-refractivity contribution in [2.24, 2.45) is 0 Å². The molecule has 0 aromatic heterocycles. The van der Waals surface area contributed by atoms with Gasteiger partial charge in [-0.15, -0.1) is 0 Å². The van der Waals surface area contributed by atoms with Crippen LogP contribution in [0.5, 0.6) is 0 Å². The highest BCUT2D eigenvalue weighted by Crippen LogP contribution is 1.98. The quantitative estimate of drug-likeness (QED) is 0.425. The van der Waals surface area contributed by atoms with Crippen LogP contribution in [0.25, 0.3) is 0 Å². The van der Waals surface area contributed by atoms with Gasteiger partial charge in [0.1, 0.15) is 0 Å². The molecule has 0 aromatic rings. The molecule has 0 saturated heterocycles. The summed E-state index contributed by atoms with van der Waals surface area (Å²) in [6, 6.07) is 0. The summed E-state index contributed by atoms with van der Waals surface area (Å²) >= 11 is 0. The summed E-state index contributed by atoms with van der Waals surface area (Å²) < 4.78 is 4.76. The lowest BCUT2D eigenvalue weighted by molar-refractivity contribution is -0.118. The fourth-order valence-electron chi connectivity index (χ4n) is 0.567. The molecule has 0 fully saturated rings. The van der Waals surface area contributed by atoms with Gasteiger partial charge in [-0.25, -0.2) is 0 Å². The van der Waals surface area contributed by atoms with Gasteiger partial charge in [0, 0.05) is 6.42 Å². The van der Waals surface area contributed by atoms with Crippen LogP contribution >= 0.6 is 0 Å². The lowest BCUT2D eigenvalue weighted by Crippen LogP contribution is -2.01. The van der Waals surface area contributed by atoms with Gasteiger partial charge in [-0.1, -0.05) is 6.92 Å². The minimum absolute atomic E-state index is 0.0556. The first kappa shape index (κ1) is 8.21. The van der Waals surface area contributed by atoms with Gasteiger partial charge in [0.25, 0.3) is 0 Å². The number of Topliss-reactive ketones (excluding diaryl/α,β-unsaturated/α-hetero) is 1. The van der Waals surface area contributed by atoms with Crippen molar-refractivity contribution in [1.82, 2.24) is 0 Å². The zero-order valence-electron chi connectivity index (χ0n) is 6.10. The molecule has 0 aliphatic rings. The minimum Gasteiger partial charge on any atom is -0.493 e. The van der Waals surface area contributed by atoms with E-state index >= 15 is 0 Å². The zero-order chi connectivity index (χ0) is 7.28. The zero-order valence-corrected chi connectivity index (χ0v) is 6.10. The molecule has 0 atom stereocenters. The average molecular weight is 128 g/mol. The van der Waals surface area contributed by atoms with Crippen molar-refractivity contribution in [2.45, 2.75) is 20.3 Å². The Labute approximate surface area is 55.5 Å². The standard InChI is InChI=1S/C7H12O2/c1-4-6(8)7(5-2)9-3/h5H,4H2,1-3H3/b7-5+. The molecule has 0 saturated carbocycles. The largest absolute Gasteiger partial charge is 0.493 e. The Balaban J connectivity index is 3.97. The molecule has 52 valence electrons. The molecule has 2 heteroatoms. The van der Waals surface area contributed by atoms with Gasteiger partial charge < -0.3 is 4.74 Å². The van der Waals surface area contributed by atoms with Gasteiger partial charge in [0.2, 0.25) is 0 Å². The highest BCUT2D eigenvalue weighted by Gasteiger charge is 2.03. The minimum atomic E-state index is 0.0556. The molecule has 9 heavy (non-hydrogen) atoms. The number of carbonyl (C=O) groups is 1. The third kappa shape index (κ3) is 2.31. The molecule has 0 amide bonds. The SMILES string of the molecule is C/C=C(/OC)C(=O)CC. The molecule has 0 unspecified atom stereocenters. The first-order chi connectivity index (χ1) is 4.26. The molecule has 0 aliphatic heterocycles. The third-order valence-electron chi connectivity index (χ3n) is 1.08. The number of allylic oxidation sites excluding steroid dienone is 2. The van der Waals surface area contributed by atoms with Crippen LogP contribution in [-0.4, -0.2) is 12.9 Å². The maximum atomic E-state index is 10.8. The summed E-state index contributed by atoms with van der Waals surface area (Å²) in [4.78, 5) is 10.8. The predicted octanol–water partition coefficient (Wildman–Crippen LogP) is 1.52. The number of ether oxygens (including phenoxy) is 1. The van der Waals surface area contributed by atoms with Crippen LogP contribution in [-0.2, 0) is 9.53 Å². The van der Waals surface area contributed by atoms with Crippen LogP contribution in [0.4, 0.5) is 0 Å². The Morgan fingerprint density at radius 3 is 2.33 bits per heavy atom. The van der Waals surface area contributed by atoms with Crippen LogP contribution in [0.3, 0.4) is 0 Å². The summed E-state index contributed by atoms with van der Waals surface area (Å²) in [5, 5.41) is 0. The van der Waals surface area contributed by atoms with Crippen molar-refractivity contribution in [3.63, 3.8) is 0 Å². The summed E-state index contributed by atoms with van der Waals surface area (Å²) in [6.45, 7) is 3.59. The molecule has 0 rings (SSSR count). The Kier molecular flexibility index (Phi) is 3.76. The van der Waals surface area contributed by atoms with Gasteiger partial charge in [0.15, 0.2) is 11.5 Å². The van der Waals surface area contributed by atoms with Gasteiger partial charge in [-0.3, -0.25) is 4.79 Å². The molecule has 0 aliphatic carbocycles. The molecule has 0 heterocycles. The van der Waals surface area contributed by atoms with Crippen LogP contribution < -0.4 is 0 Å². The lowest BCUT2D eigenvalue weighted by atomic mass is 10.2. The van der Waals surface area contributed by atoms with Crippen LogP contribution in [0, 0.1) is 0 Å². The lowest BCUT2D eigenvalue weighted by Gasteiger charge is -1.99. The summed E-state index contributed by atoms with van der Waals surface area (Å²) in [5.74, 6) is 0.512. The maximum Gasteiger partial charge on any atom is 0.196 e. The van der Waals surface area contributed by atoms with Gasteiger partial charge in [0.05, 0.1) is 7.11 Å². The van der Waals surface area contributed by atoms with E-state index in [9.17, 15) is 4.79 Å². The highest BCUT2D eigenvalue weighted by atomic mass is 16.5. The maximum absolute atomic E-state index is 10.8. The summed E-state index contributed by atoms with van der Waals surface area (Å²) in [7, 11) is 1.50. The normalized spacial score (nSPS) is 11.2. The third-order valence-corrected chi connectivity index (χ3v) is 1.08. The second-order valence-corrected chi connectivity index (χ2v) is 1.63. The van der Waals surface area contributed by atoms with Crippen LogP contribution in [0.15, 0.2) is 11.8 Å². The van der Waals surface area contributed by atoms with Crippen molar-refractivity contribution < 1.29 is 9.53 Å². The van der Waals surface area contributed by atoms with E-state index < -0.39 is 0 Å². The number of hydrogen-bond donors (Lipinski definition) is 0. The number of ketones is 1. The van der Waals surface area contributed by atoms with E-state index in [1.165, 1.54) is 7.11 Å². The molecule has 0 spiro atoms. The van der Waals surface area contributed by atoms with Crippen molar-refractivity contribution in [1.29, 1.82) is 0 Å². The number of carbonyl (C=O) groups excluding carboxylic acids is 1. The summed E-state index contributed by atoms with van der Waals surface area (Å²) in [5.41, 5.74) is 0. The van der Waals surface area contributed by atoms with Gasteiger partial charge in [-0.2, -0.15) is 0 Å². The Morgan fingerprint density at radius 1 is 1.67 bits per heavy atom. The van der Waals surface area contributed by atoms with E-state index in [0.29, 0.717) is 12.2 Å². The molecule has 0 radical (unpaired) electrons. The van der Waals surface area contributed by atoms with Crippen molar-refractivity contribution in [3.8, 4) is 0 Å². The first-order valence-electron chi connectivity index (χ1n) is 2.99. The summed E-state index contributed by atoms with van der Waals surface area (Å²) in [6.07, 6.45) is 2.18. The molecule has 0 N–H and O–H groups in total. The highest BCUT2D eigenvalue weighted by molar-refractivity contribution is 5.92. The van der Waals surface area contributed by atoms with Crippen molar-refractivity contribution >= 4 is 5.78 Å². The number of hydrogen-bond acceptors (Lipinski definition) is 2. The topological polar surface area (TPSA) is 26.3 Å². The van der Waals surface area contributed by atoms with Crippen molar-refractivity contribution in [2.75, 3.05) is 7.11 Å². The number of methoxy groups -OCH3 is 1. The second kappa shape index (κ2) is 4.13. The molecule has 0 aromatic carbocycles. The molecule has 0 bridgehead atoms. The Hall–Kier alpha value is -0.790. The average Bonchev–Trinajstić information content (AvgIpc) is 1.90.